The van der Waals surface area contributed by atoms with Crippen LogP contribution in [0.3, 0.4) is 0 Å². The molecule has 1 aromatic heterocycles. The summed E-state index contributed by atoms with van der Waals surface area (Å²) in [6.45, 7) is 13.6. The Labute approximate surface area is 260 Å². The van der Waals surface area contributed by atoms with Crippen LogP contribution in [0.15, 0.2) is 72.9 Å². The molecule has 0 spiro atoms. The fraction of sp³-hybridized carbons (Fsp3) is 0.367. The number of amides is 1. The lowest BCUT2D eigenvalue weighted by atomic mass is 10.2. The van der Waals surface area contributed by atoms with Crippen LogP contribution in [-0.4, -0.2) is 63.1 Å². The highest BCUT2D eigenvalue weighted by Crippen LogP contribution is 2.53. The van der Waals surface area contributed by atoms with Crippen molar-refractivity contribution in [3.63, 3.8) is 0 Å². The summed E-state index contributed by atoms with van der Waals surface area (Å²) in [5.74, 6) is 0.662. The zero-order chi connectivity index (χ0) is 32.9. The Kier molecular flexibility index (Phi) is 14.2. The summed E-state index contributed by atoms with van der Waals surface area (Å²) in [5, 5.41) is 2.68. The van der Waals surface area contributed by atoms with Gasteiger partial charge in [-0.3, -0.25) is 14.3 Å². The smallest absolute Gasteiger partial charge is 0.337 e. The Hall–Kier alpha value is -3.61. The van der Waals surface area contributed by atoms with Gasteiger partial charge in [0.05, 0.1) is 48.0 Å². The number of sulfone groups is 1. The number of methoxy groups -OCH3 is 1. The molecule has 12 nitrogen and oxygen atoms in total. The van der Waals surface area contributed by atoms with Crippen molar-refractivity contribution in [3.8, 4) is 17.2 Å². The van der Waals surface area contributed by atoms with Crippen LogP contribution in [0.2, 0.25) is 0 Å². The summed E-state index contributed by atoms with van der Waals surface area (Å²) in [6.07, 6.45) is 3.17. The van der Waals surface area contributed by atoms with Crippen molar-refractivity contribution in [3.05, 3.63) is 79.3 Å². The molecular weight excluding hydrogens is 609 g/mol. The molecule has 1 N–H and O–H groups in total. The lowest BCUT2D eigenvalue weighted by Gasteiger charge is -2.22. The summed E-state index contributed by atoms with van der Waals surface area (Å²) in [6, 6.07) is 10.5. The zero-order valence-corrected chi connectivity index (χ0v) is 27.5. The molecule has 1 heterocycles. The van der Waals surface area contributed by atoms with E-state index < -0.39 is 23.3 Å². The number of benzene rings is 2. The number of carbonyl (C=O) groups is 1. The molecule has 0 saturated carbocycles. The summed E-state index contributed by atoms with van der Waals surface area (Å²) in [7, 11) is -5.28. The predicted molar refractivity (Wildman–Crippen MR) is 171 cm³/mol. The van der Waals surface area contributed by atoms with Crippen molar-refractivity contribution in [2.75, 3.05) is 31.9 Å². The maximum atomic E-state index is 13.2. The van der Waals surface area contributed by atoms with Crippen molar-refractivity contribution in [2.45, 2.75) is 51.0 Å². The molecule has 0 bridgehead atoms. The monoisotopic (exact) mass is 651 g/mol. The van der Waals surface area contributed by atoms with Crippen LogP contribution in [0.4, 0.5) is 5.82 Å². The number of anilines is 1. The molecule has 44 heavy (non-hydrogen) atoms. The van der Waals surface area contributed by atoms with Gasteiger partial charge in [0.25, 0.3) is 5.91 Å². The summed E-state index contributed by atoms with van der Waals surface area (Å²) < 4.78 is 64.4. The number of carbonyl (C=O) groups excluding carboxylic acids is 1. The van der Waals surface area contributed by atoms with Crippen LogP contribution in [0.5, 0.6) is 17.2 Å². The van der Waals surface area contributed by atoms with E-state index in [0.717, 1.165) is 6.26 Å². The number of hydrogen-bond donors (Lipinski definition) is 1. The molecular formula is C30H42N3O9PS. The van der Waals surface area contributed by atoms with Crippen molar-refractivity contribution in [2.24, 2.45) is 0 Å². The highest BCUT2D eigenvalue weighted by atomic mass is 32.2. The minimum Gasteiger partial charge on any atom is -0.491 e. The Morgan fingerprint density at radius 1 is 0.932 bits per heavy atom. The van der Waals surface area contributed by atoms with Crippen LogP contribution >= 0.6 is 7.60 Å². The van der Waals surface area contributed by atoms with Crippen molar-refractivity contribution in [1.82, 2.24) is 9.97 Å². The quantitative estimate of drug-likeness (QED) is 0.108. The van der Waals surface area contributed by atoms with Gasteiger partial charge in [-0.1, -0.05) is 0 Å². The maximum absolute atomic E-state index is 13.2. The van der Waals surface area contributed by atoms with Gasteiger partial charge in [0, 0.05) is 26.4 Å². The van der Waals surface area contributed by atoms with E-state index in [1.54, 1.807) is 40.9 Å². The molecule has 3 aromatic rings. The summed E-state index contributed by atoms with van der Waals surface area (Å²) in [5.41, 5.74) is 0.586. The molecule has 0 aliphatic carbocycles. The normalized spacial score (nSPS) is 11.5. The van der Waals surface area contributed by atoms with Gasteiger partial charge >= 0.3 is 7.60 Å². The number of rotatable bonds is 15. The fourth-order valence-electron chi connectivity index (χ4n) is 3.61. The Morgan fingerprint density at radius 2 is 1.55 bits per heavy atom. The minimum absolute atomic E-state index is 0. The fourth-order valence-corrected chi connectivity index (χ4v) is 6.28. The second-order valence-electron chi connectivity index (χ2n) is 9.80. The Bertz CT molecular complexity index is 1510. The molecule has 0 aliphatic heterocycles. The average Bonchev–Trinajstić information content (AvgIpc) is 2.94. The first-order valence-electron chi connectivity index (χ1n) is 13.6. The Morgan fingerprint density at radius 3 is 2.07 bits per heavy atom. The molecule has 0 unspecified atom stereocenters. The predicted octanol–water partition coefficient (Wildman–Crippen LogP) is 6.54. The second-order valence-corrected chi connectivity index (χ2v) is 13.8. The minimum atomic E-state index is -3.46. The van der Waals surface area contributed by atoms with Gasteiger partial charge in [0.15, 0.2) is 15.7 Å². The first-order valence-corrected chi connectivity index (χ1v) is 17.2. The third-order valence-electron chi connectivity index (χ3n) is 5.23. The second kappa shape index (κ2) is 17.0. The Balaban J connectivity index is 0.00000331. The van der Waals surface area contributed by atoms with Crippen LogP contribution < -0.4 is 14.8 Å². The molecule has 14 heteroatoms. The van der Waals surface area contributed by atoms with Gasteiger partial charge < -0.3 is 28.6 Å². The molecule has 242 valence electrons. The number of aromatic nitrogens is 2. The van der Waals surface area contributed by atoms with Gasteiger partial charge in [-0.05, 0) is 64.1 Å². The highest BCUT2D eigenvalue weighted by molar-refractivity contribution is 7.90. The largest absolute Gasteiger partial charge is 0.491 e. The van der Waals surface area contributed by atoms with Gasteiger partial charge in [0.1, 0.15) is 23.9 Å². The van der Waals surface area contributed by atoms with Gasteiger partial charge in [0.2, 0.25) is 0 Å². The number of ether oxygens (including phenoxy) is 3. The zero-order valence-electron chi connectivity index (χ0n) is 25.8. The van der Waals surface area contributed by atoms with Gasteiger partial charge in [-0.2, -0.15) is 0 Å². The SMILES string of the molecule is C=C.COCCOc1cc(Oc2ccc(S(C)(=O)=O)cc2)cc(C(=O)Nc2cnc(CP(=O)(OC(C)C)OC(C)C)cn2)c1.[HH]. The molecule has 3 rings (SSSR count). The van der Waals surface area contributed by atoms with E-state index in [2.05, 4.69) is 28.4 Å². The maximum Gasteiger partial charge on any atom is 0.337 e. The van der Waals surface area contributed by atoms with Crippen molar-refractivity contribution < 1.29 is 42.5 Å². The van der Waals surface area contributed by atoms with E-state index >= 15 is 0 Å². The van der Waals surface area contributed by atoms with Crippen LogP contribution in [-0.2, 0) is 34.3 Å². The number of nitrogens with one attached hydrogen (secondary N) is 1. The van der Waals surface area contributed by atoms with E-state index in [-0.39, 0.29) is 48.4 Å². The molecule has 0 saturated heterocycles. The summed E-state index contributed by atoms with van der Waals surface area (Å²) >= 11 is 0. The van der Waals surface area contributed by atoms with Gasteiger partial charge in [-0.25, -0.2) is 13.4 Å². The molecule has 0 radical (unpaired) electrons. The topological polar surface area (TPSA) is 152 Å². The van der Waals surface area contributed by atoms with E-state index in [0.29, 0.717) is 23.8 Å². The first kappa shape index (κ1) is 36.6. The van der Waals surface area contributed by atoms with Gasteiger partial charge in [-0.15, -0.1) is 13.2 Å². The number of nitrogens with zero attached hydrogens (tertiary/aromatic N) is 2. The number of hydrogen-bond acceptors (Lipinski definition) is 11. The third kappa shape index (κ3) is 12.2. The molecule has 2 aromatic carbocycles. The van der Waals surface area contributed by atoms with Crippen LogP contribution in [0, 0.1) is 0 Å². The molecule has 1 amide bonds. The molecule has 0 aliphatic rings. The van der Waals surface area contributed by atoms with Crippen molar-refractivity contribution >= 4 is 29.2 Å². The van der Waals surface area contributed by atoms with Crippen molar-refractivity contribution in [1.29, 1.82) is 0 Å². The van der Waals surface area contributed by atoms with E-state index in [4.69, 9.17) is 23.3 Å². The standard InChI is InChI=1S/C28H36N3O9PS.C2H4.H2/c1-19(2)39-41(33,40-20(3)4)18-22-16-30-27(17-29-22)31-28(32)21-13-24(37-12-11-36-5)15-25(14-21)38-23-7-9-26(10-8-23)42(6,34)35;1-2;/h7-10,13-17,19-20H,11-12,18H2,1-6H3,(H,30,31,32);1-2H2;1H. The lowest BCUT2D eigenvalue weighted by Crippen LogP contribution is -2.14. The molecule has 0 atom stereocenters. The van der Waals surface area contributed by atoms with E-state index in [1.165, 1.54) is 48.8 Å². The van der Waals surface area contributed by atoms with Crippen LogP contribution in [0.25, 0.3) is 0 Å². The van der Waals surface area contributed by atoms with Crippen LogP contribution in [0.1, 0.15) is 45.2 Å². The first-order chi connectivity index (χ1) is 20.8. The third-order valence-corrected chi connectivity index (χ3v) is 8.56. The summed E-state index contributed by atoms with van der Waals surface area (Å²) in [4.78, 5) is 21.8. The highest BCUT2D eigenvalue weighted by Gasteiger charge is 2.29. The van der Waals surface area contributed by atoms with E-state index in [9.17, 15) is 17.8 Å². The average molecular weight is 652 g/mol. The lowest BCUT2D eigenvalue weighted by molar-refractivity contribution is 0.102. The van der Waals surface area contributed by atoms with E-state index in [1.807, 2.05) is 0 Å². The molecule has 0 fully saturated rings.